The third-order valence-corrected chi connectivity index (χ3v) is 8.80. The molecule has 214 valence electrons. The highest BCUT2D eigenvalue weighted by Gasteiger charge is 2.26. The first-order chi connectivity index (χ1) is 20.0. The van der Waals surface area contributed by atoms with Crippen LogP contribution in [0, 0.1) is 6.92 Å². The highest BCUT2D eigenvalue weighted by Crippen LogP contribution is 2.32. The first kappa shape index (κ1) is 27.3. The number of fused-ring (bicyclic) bond motifs is 2. The Morgan fingerprint density at radius 3 is 2.59 bits per heavy atom. The number of piperidine rings is 1. The number of imidazole rings is 1. The average Bonchev–Trinajstić information content (AvgIpc) is 3.59. The molecule has 1 saturated carbocycles. The van der Waals surface area contributed by atoms with Gasteiger partial charge in [0.2, 0.25) is 5.91 Å². The summed E-state index contributed by atoms with van der Waals surface area (Å²) in [6.45, 7) is 4.10. The van der Waals surface area contributed by atoms with Crippen LogP contribution in [0.1, 0.15) is 61.0 Å². The van der Waals surface area contributed by atoms with E-state index in [1.54, 1.807) is 6.08 Å². The van der Waals surface area contributed by atoms with Gasteiger partial charge in [0.15, 0.2) is 0 Å². The van der Waals surface area contributed by atoms with Gasteiger partial charge in [-0.2, -0.15) is 0 Å². The Morgan fingerprint density at radius 1 is 0.976 bits per heavy atom. The van der Waals surface area contributed by atoms with Gasteiger partial charge < -0.3 is 24.5 Å². The van der Waals surface area contributed by atoms with Gasteiger partial charge in [-0.05, 0) is 74.1 Å². The Hall–Kier alpha value is -3.91. The molecule has 1 aromatic carbocycles. The Kier molecular flexibility index (Phi) is 7.92. The minimum absolute atomic E-state index is 0.0255. The van der Waals surface area contributed by atoms with Crippen molar-refractivity contribution >= 4 is 28.4 Å². The third-order valence-electron chi connectivity index (χ3n) is 8.80. The van der Waals surface area contributed by atoms with Gasteiger partial charge in [0.05, 0.1) is 22.9 Å². The summed E-state index contributed by atoms with van der Waals surface area (Å²) in [7, 11) is 2.01. The largest absolute Gasteiger partial charge is 0.350 e. The summed E-state index contributed by atoms with van der Waals surface area (Å²) in [5.41, 5.74) is 7.10. The molecule has 4 heterocycles. The number of rotatable bonds is 7. The van der Waals surface area contributed by atoms with Gasteiger partial charge in [-0.25, -0.2) is 4.98 Å². The molecule has 1 aliphatic carbocycles. The Balaban J connectivity index is 1.07. The number of aryl methyl sites for hydroxylation is 2. The molecule has 0 radical (unpaired) electrons. The smallest absolute Gasteiger partial charge is 0.270 e. The zero-order valence-corrected chi connectivity index (χ0v) is 24.1. The lowest BCUT2D eigenvalue weighted by Crippen LogP contribution is -2.46. The Bertz CT molecular complexity index is 1580. The minimum atomic E-state index is -0.0514. The highest BCUT2D eigenvalue weighted by atomic mass is 16.2. The number of aromatic nitrogens is 3. The lowest BCUT2D eigenvalue weighted by atomic mass is 9.95. The molecule has 8 heteroatoms. The van der Waals surface area contributed by atoms with E-state index >= 15 is 0 Å². The Morgan fingerprint density at radius 2 is 1.78 bits per heavy atom. The van der Waals surface area contributed by atoms with E-state index in [4.69, 9.17) is 0 Å². The number of hydrogen-bond acceptors (Lipinski definition) is 4. The molecule has 1 aliphatic heterocycles. The van der Waals surface area contributed by atoms with Gasteiger partial charge in [-0.1, -0.05) is 31.4 Å². The van der Waals surface area contributed by atoms with E-state index < -0.39 is 0 Å². The van der Waals surface area contributed by atoms with Crippen molar-refractivity contribution in [1.29, 1.82) is 0 Å². The standard InChI is InChI=1S/C33H40N6O2/c1-23-20-31-28(35-22-37(31)2)21-27(23)26-10-7-17-39-29(26)12-13-30(39)33(41)38-18-14-25(15-19-38)36-32(40)11-6-16-34-24-8-4-3-5-9-24/h6-7,10-13,17,20-22,24-25,34H,3-5,8-9,14-16,18-19H2,1-2H3,(H,36,40)/b11-6+. The highest BCUT2D eigenvalue weighted by molar-refractivity contribution is 5.97. The molecule has 8 nitrogen and oxygen atoms in total. The first-order valence-electron chi connectivity index (χ1n) is 15.0. The summed E-state index contributed by atoms with van der Waals surface area (Å²) < 4.78 is 4.03. The van der Waals surface area contributed by atoms with E-state index in [0.717, 1.165) is 47.1 Å². The van der Waals surface area contributed by atoms with E-state index in [9.17, 15) is 9.59 Å². The van der Waals surface area contributed by atoms with Crippen LogP contribution in [0.4, 0.5) is 0 Å². The van der Waals surface area contributed by atoms with Gasteiger partial charge in [-0.15, -0.1) is 0 Å². The number of nitrogens with one attached hydrogen (secondary N) is 2. The third kappa shape index (κ3) is 5.79. The van der Waals surface area contributed by atoms with Crippen molar-refractivity contribution in [2.24, 2.45) is 7.05 Å². The predicted octanol–water partition coefficient (Wildman–Crippen LogP) is 5.00. The molecule has 2 amide bonds. The topological polar surface area (TPSA) is 83.7 Å². The van der Waals surface area contributed by atoms with Crippen LogP contribution in [0.2, 0.25) is 0 Å². The Labute approximate surface area is 241 Å². The van der Waals surface area contributed by atoms with Gasteiger partial charge >= 0.3 is 0 Å². The maximum Gasteiger partial charge on any atom is 0.270 e. The normalized spacial score (nSPS) is 17.2. The molecule has 4 aromatic rings. The SMILES string of the molecule is Cc1cc2c(cc1-c1cccn3c(C(=O)N4CCC(NC(=O)/C=C/CNC5CCCCC5)CC4)ccc13)ncn2C. The second-order valence-electron chi connectivity index (χ2n) is 11.6. The number of pyridine rings is 1. The van der Waals surface area contributed by atoms with E-state index in [1.165, 1.54) is 37.7 Å². The van der Waals surface area contributed by atoms with Crippen molar-refractivity contribution in [2.45, 2.75) is 64.0 Å². The zero-order chi connectivity index (χ0) is 28.3. The summed E-state index contributed by atoms with van der Waals surface area (Å²) in [6, 6.07) is 13.0. The van der Waals surface area contributed by atoms with Gasteiger partial charge in [0.25, 0.3) is 5.91 Å². The van der Waals surface area contributed by atoms with Crippen LogP contribution in [0.5, 0.6) is 0 Å². The van der Waals surface area contributed by atoms with Crippen LogP contribution < -0.4 is 10.6 Å². The zero-order valence-electron chi connectivity index (χ0n) is 24.1. The van der Waals surface area contributed by atoms with E-state index in [-0.39, 0.29) is 17.9 Å². The van der Waals surface area contributed by atoms with Gasteiger partial charge in [-0.3, -0.25) is 9.59 Å². The molecule has 0 spiro atoms. The van der Waals surface area contributed by atoms with Gasteiger partial charge in [0, 0.05) is 56.6 Å². The summed E-state index contributed by atoms with van der Waals surface area (Å²) in [6.07, 6.45) is 15.3. The van der Waals surface area contributed by atoms with Crippen molar-refractivity contribution in [3.05, 3.63) is 72.3 Å². The van der Waals surface area contributed by atoms with Crippen LogP contribution >= 0.6 is 0 Å². The lowest BCUT2D eigenvalue weighted by molar-refractivity contribution is -0.117. The second kappa shape index (κ2) is 11.9. The molecule has 0 bridgehead atoms. The molecule has 6 rings (SSSR count). The number of likely N-dealkylation sites (tertiary alicyclic amines) is 1. The summed E-state index contributed by atoms with van der Waals surface area (Å²) >= 11 is 0. The minimum Gasteiger partial charge on any atom is -0.350 e. The quantitative estimate of drug-likeness (QED) is 0.316. The molecule has 0 atom stereocenters. The molecule has 2 aliphatic rings. The summed E-state index contributed by atoms with van der Waals surface area (Å²) in [4.78, 5) is 32.5. The van der Waals surface area contributed by atoms with Gasteiger partial charge in [0.1, 0.15) is 5.69 Å². The number of nitrogens with zero attached hydrogens (tertiary/aromatic N) is 4. The van der Waals surface area contributed by atoms with E-state index in [1.807, 2.05) is 57.7 Å². The number of amides is 2. The molecule has 41 heavy (non-hydrogen) atoms. The molecular weight excluding hydrogens is 512 g/mol. The van der Waals surface area contributed by atoms with Crippen molar-refractivity contribution in [3.8, 4) is 11.1 Å². The maximum absolute atomic E-state index is 13.6. The van der Waals surface area contributed by atoms with Crippen LogP contribution in [0.25, 0.3) is 27.7 Å². The summed E-state index contributed by atoms with van der Waals surface area (Å²) in [5, 5.41) is 6.65. The van der Waals surface area contributed by atoms with Crippen LogP contribution in [-0.4, -0.2) is 62.4 Å². The number of benzene rings is 1. The second-order valence-corrected chi connectivity index (χ2v) is 11.6. The van der Waals surface area contributed by atoms with E-state index in [0.29, 0.717) is 24.8 Å². The number of carbonyl (C=O) groups excluding carboxylic acids is 2. The fraction of sp³-hybridized carbons (Fsp3) is 0.424. The molecule has 2 N–H and O–H groups in total. The molecule has 1 saturated heterocycles. The van der Waals surface area contributed by atoms with Crippen LogP contribution in [0.3, 0.4) is 0 Å². The fourth-order valence-electron chi connectivity index (χ4n) is 6.46. The molecule has 0 unspecified atom stereocenters. The lowest BCUT2D eigenvalue weighted by Gasteiger charge is -2.32. The predicted molar refractivity (Wildman–Crippen MR) is 163 cm³/mol. The number of hydrogen-bond donors (Lipinski definition) is 2. The monoisotopic (exact) mass is 552 g/mol. The maximum atomic E-state index is 13.6. The van der Waals surface area contributed by atoms with Crippen molar-refractivity contribution in [1.82, 2.24) is 29.5 Å². The van der Waals surface area contributed by atoms with Crippen molar-refractivity contribution < 1.29 is 9.59 Å². The van der Waals surface area contributed by atoms with Crippen molar-refractivity contribution in [2.75, 3.05) is 19.6 Å². The van der Waals surface area contributed by atoms with Crippen LogP contribution in [0.15, 0.2) is 61.1 Å². The average molecular weight is 553 g/mol. The van der Waals surface area contributed by atoms with Crippen molar-refractivity contribution in [3.63, 3.8) is 0 Å². The fourth-order valence-corrected chi connectivity index (χ4v) is 6.46. The van der Waals surface area contributed by atoms with Crippen LogP contribution in [-0.2, 0) is 11.8 Å². The molecule has 2 fully saturated rings. The summed E-state index contributed by atoms with van der Waals surface area (Å²) in [5.74, 6) is -0.0259. The molecule has 3 aromatic heterocycles. The molecular formula is C33H40N6O2. The number of carbonyl (C=O) groups is 2. The van der Waals surface area contributed by atoms with E-state index in [2.05, 4.69) is 40.7 Å². The first-order valence-corrected chi connectivity index (χ1v) is 15.0.